The SMILES string of the molecule is CC(=O)N[C@@H](C(=O)O)[C@@H](C)F. The summed E-state index contributed by atoms with van der Waals surface area (Å²) in [6.07, 6.45) is -1.59. The van der Waals surface area contributed by atoms with Crippen molar-refractivity contribution in [1.82, 2.24) is 5.32 Å². The minimum Gasteiger partial charge on any atom is -0.480 e. The Balaban J connectivity index is 4.12. The summed E-state index contributed by atoms with van der Waals surface area (Å²) in [5.74, 6) is -1.92. The maximum absolute atomic E-state index is 12.4. The number of hydrogen-bond acceptors (Lipinski definition) is 2. The maximum Gasteiger partial charge on any atom is 0.329 e. The fourth-order valence-corrected chi connectivity index (χ4v) is 0.592. The number of aliphatic carboxylic acids is 1. The third-order valence-electron chi connectivity index (χ3n) is 1.08. The number of alkyl halides is 1. The van der Waals surface area contributed by atoms with Gasteiger partial charge < -0.3 is 10.4 Å². The zero-order chi connectivity index (χ0) is 9.02. The van der Waals surface area contributed by atoms with E-state index < -0.39 is 24.1 Å². The van der Waals surface area contributed by atoms with Crippen molar-refractivity contribution in [1.29, 1.82) is 0 Å². The van der Waals surface area contributed by atoms with E-state index in [0.29, 0.717) is 0 Å². The van der Waals surface area contributed by atoms with Crippen LogP contribution in [-0.4, -0.2) is 29.2 Å². The average molecular weight is 163 g/mol. The third-order valence-corrected chi connectivity index (χ3v) is 1.08. The molecular weight excluding hydrogens is 153 g/mol. The van der Waals surface area contributed by atoms with Crippen molar-refractivity contribution in [2.75, 3.05) is 0 Å². The number of rotatable bonds is 3. The van der Waals surface area contributed by atoms with E-state index in [2.05, 4.69) is 0 Å². The van der Waals surface area contributed by atoms with Crippen molar-refractivity contribution in [3.8, 4) is 0 Å². The second-order valence-corrected chi connectivity index (χ2v) is 2.19. The van der Waals surface area contributed by atoms with Gasteiger partial charge in [-0.25, -0.2) is 9.18 Å². The first-order valence-corrected chi connectivity index (χ1v) is 3.09. The number of carbonyl (C=O) groups excluding carboxylic acids is 1. The van der Waals surface area contributed by atoms with Gasteiger partial charge in [0, 0.05) is 6.92 Å². The van der Waals surface area contributed by atoms with Crippen molar-refractivity contribution in [2.45, 2.75) is 26.1 Å². The van der Waals surface area contributed by atoms with Crippen LogP contribution in [-0.2, 0) is 9.59 Å². The molecule has 2 atom stereocenters. The van der Waals surface area contributed by atoms with Crippen molar-refractivity contribution in [3.05, 3.63) is 0 Å². The van der Waals surface area contributed by atoms with Gasteiger partial charge in [-0.3, -0.25) is 4.79 Å². The number of hydrogen-bond donors (Lipinski definition) is 2. The quantitative estimate of drug-likeness (QED) is 0.612. The predicted molar refractivity (Wildman–Crippen MR) is 35.8 cm³/mol. The Hall–Kier alpha value is -1.13. The van der Waals surface area contributed by atoms with E-state index in [9.17, 15) is 14.0 Å². The van der Waals surface area contributed by atoms with Crippen LogP contribution in [0.15, 0.2) is 0 Å². The summed E-state index contributed by atoms with van der Waals surface area (Å²) >= 11 is 0. The smallest absolute Gasteiger partial charge is 0.329 e. The molecule has 0 aliphatic heterocycles. The lowest BCUT2D eigenvalue weighted by Gasteiger charge is -2.13. The number of amides is 1. The van der Waals surface area contributed by atoms with Crippen LogP contribution >= 0.6 is 0 Å². The van der Waals surface area contributed by atoms with Gasteiger partial charge in [-0.2, -0.15) is 0 Å². The summed E-state index contributed by atoms with van der Waals surface area (Å²) in [5.41, 5.74) is 0. The first-order valence-electron chi connectivity index (χ1n) is 3.09. The molecule has 0 aliphatic carbocycles. The topological polar surface area (TPSA) is 66.4 Å². The highest BCUT2D eigenvalue weighted by atomic mass is 19.1. The normalized spacial score (nSPS) is 15.2. The van der Waals surface area contributed by atoms with Crippen molar-refractivity contribution < 1.29 is 19.1 Å². The van der Waals surface area contributed by atoms with Crippen LogP contribution in [0.2, 0.25) is 0 Å². The van der Waals surface area contributed by atoms with E-state index in [1.54, 1.807) is 0 Å². The van der Waals surface area contributed by atoms with E-state index >= 15 is 0 Å². The molecular formula is C6H10FNO3. The predicted octanol–water partition coefficient (Wildman–Crippen LogP) is -0.0663. The van der Waals surface area contributed by atoms with Crippen LogP contribution in [0.4, 0.5) is 4.39 Å². The van der Waals surface area contributed by atoms with Gasteiger partial charge in [-0.05, 0) is 6.92 Å². The summed E-state index contributed by atoms with van der Waals surface area (Å²) in [6.45, 7) is 2.22. The van der Waals surface area contributed by atoms with Crippen molar-refractivity contribution >= 4 is 11.9 Å². The molecule has 0 aromatic heterocycles. The lowest BCUT2D eigenvalue weighted by Crippen LogP contribution is -2.45. The second kappa shape index (κ2) is 3.90. The molecule has 0 spiro atoms. The van der Waals surface area contributed by atoms with E-state index in [-0.39, 0.29) is 0 Å². The zero-order valence-corrected chi connectivity index (χ0v) is 6.30. The molecule has 5 heteroatoms. The molecule has 0 saturated carbocycles. The summed E-state index contributed by atoms with van der Waals surface area (Å²) in [6, 6.07) is -1.44. The Kier molecular flexibility index (Phi) is 3.50. The van der Waals surface area contributed by atoms with Crippen LogP contribution in [0.3, 0.4) is 0 Å². The van der Waals surface area contributed by atoms with Gasteiger partial charge in [-0.15, -0.1) is 0 Å². The largest absolute Gasteiger partial charge is 0.480 e. The minimum absolute atomic E-state index is 0.554. The summed E-state index contributed by atoms with van der Waals surface area (Å²) in [7, 11) is 0. The van der Waals surface area contributed by atoms with Gasteiger partial charge in [0.15, 0.2) is 6.04 Å². The van der Waals surface area contributed by atoms with Gasteiger partial charge in [0.2, 0.25) is 5.91 Å². The van der Waals surface area contributed by atoms with Gasteiger partial charge in [0.25, 0.3) is 0 Å². The van der Waals surface area contributed by atoms with E-state index in [4.69, 9.17) is 5.11 Å². The molecule has 0 unspecified atom stereocenters. The van der Waals surface area contributed by atoms with Gasteiger partial charge in [-0.1, -0.05) is 0 Å². The first kappa shape index (κ1) is 9.87. The Labute approximate surface area is 63.4 Å². The monoisotopic (exact) mass is 163 g/mol. The highest BCUT2D eigenvalue weighted by Gasteiger charge is 2.24. The Bertz CT molecular complexity index is 169. The molecule has 4 nitrogen and oxygen atoms in total. The number of halogens is 1. The van der Waals surface area contributed by atoms with Crippen LogP contribution in [0.1, 0.15) is 13.8 Å². The highest BCUT2D eigenvalue weighted by molar-refractivity contribution is 5.82. The number of carboxylic acid groups (broad SMARTS) is 1. The van der Waals surface area contributed by atoms with E-state index in [1.807, 2.05) is 5.32 Å². The number of carboxylic acids is 1. The molecule has 0 bridgehead atoms. The number of carbonyl (C=O) groups is 2. The molecule has 2 N–H and O–H groups in total. The van der Waals surface area contributed by atoms with Crippen molar-refractivity contribution in [3.63, 3.8) is 0 Å². The Morgan fingerprint density at radius 3 is 2.09 bits per heavy atom. The van der Waals surface area contributed by atoms with Crippen LogP contribution in [0, 0.1) is 0 Å². The molecule has 0 radical (unpaired) electrons. The summed E-state index contributed by atoms with van der Waals surface area (Å²) in [5, 5.41) is 10.3. The highest BCUT2D eigenvalue weighted by Crippen LogP contribution is 1.97. The molecule has 0 rings (SSSR count). The first-order chi connectivity index (χ1) is 4.95. The molecule has 1 amide bonds. The lowest BCUT2D eigenvalue weighted by atomic mass is 10.2. The Morgan fingerprint density at radius 1 is 1.55 bits per heavy atom. The molecule has 0 saturated heterocycles. The average Bonchev–Trinajstić information content (AvgIpc) is 1.81. The Morgan fingerprint density at radius 2 is 2.00 bits per heavy atom. The zero-order valence-electron chi connectivity index (χ0n) is 6.30. The van der Waals surface area contributed by atoms with Crippen LogP contribution < -0.4 is 5.32 Å². The van der Waals surface area contributed by atoms with E-state index in [0.717, 1.165) is 13.8 Å². The molecule has 0 fully saturated rings. The van der Waals surface area contributed by atoms with Crippen molar-refractivity contribution in [2.24, 2.45) is 0 Å². The molecule has 11 heavy (non-hydrogen) atoms. The van der Waals surface area contributed by atoms with E-state index in [1.165, 1.54) is 0 Å². The third kappa shape index (κ3) is 3.54. The van der Waals surface area contributed by atoms with Gasteiger partial charge >= 0.3 is 5.97 Å². The van der Waals surface area contributed by atoms with Gasteiger partial charge in [0.05, 0.1) is 0 Å². The standard InChI is InChI=1S/C6H10FNO3/c1-3(7)5(6(10)11)8-4(2)9/h3,5H,1-2H3,(H,8,9)(H,10,11)/t3-,5-/m1/s1. The fraction of sp³-hybridized carbons (Fsp3) is 0.667. The molecule has 0 heterocycles. The van der Waals surface area contributed by atoms with Crippen LogP contribution in [0.25, 0.3) is 0 Å². The van der Waals surface area contributed by atoms with Crippen LogP contribution in [0.5, 0.6) is 0 Å². The number of nitrogens with one attached hydrogen (secondary N) is 1. The summed E-state index contributed by atoms with van der Waals surface area (Å²) < 4.78 is 12.4. The molecule has 64 valence electrons. The second-order valence-electron chi connectivity index (χ2n) is 2.19. The lowest BCUT2D eigenvalue weighted by molar-refractivity contribution is -0.143. The fourth-order valence-electron chi connectivity index (χ4n) is 0.592. The summed E-state index contributed by atoms with van der Waals surface area (Å²) in [4.78, 5) is 20.5. The van der Waals surface area contributed by atoms with Gasteiger partial charge in [0.1, 0.15) is 6.17 Å². The molecule has 0 aromatic rings. The molecule has 0 aromatic carbocycles. The molecule has 0 aliphatic rings. The minimum atomic E-state index is -1.59. The maximum atomic E-state index is 12.4.